The summed E-state index contributed by atoms with van der Waals surface area (Å²) in [4.78, 5) is 34.7. The van der Waals surface area contributed by atoms with Crippen molar-refractivity contribution in [2.75, 3.05) is 13.1 Å². The first-order valence-corrected chi connectivity index (χ1v) is 7.53. The highest BCUT2D eigenvalue weighted by atomic mass is 16.5. The Kier molecular flexibility index (Phi) is 7.25. The van der Waals surface area contributed by atoms with E-state index >= 15 is 0 Å². The summed E-state index contributed by atoms with van der Waals surface area (Å²) in [6.45, 7) is 5.62. The molecule has 0 atom stereocenters. The van der Waals surface area contributed by atoms with Gasteiger partial charge in [-0.3, -0.25) is 14.4 Å². The smallest absolute Gasteiger partial charge is 0.325 e. The van der Waals surface area contributed by atoms with Gasteiger partial charge in [0, 0.05) is 18.4 Å². The quantitative estimate of drug-likeness (QED) is 0.744. The molecule has 1 rings (SSSR count). The van der Waals surface area contributed by atoms with Gasteiger partial charge in [-0.25, -0.2) is 0 Å². The normalized spacial score (nSPS) is 10.7. The average molecular weight is 320 g/mol. The molecule has 0 aliphatic rings. The molecule has 6 nitrogen and oxygen atoms in total. The second-order valence-electron chi connectivity index (χ2n) is 6.18. The van der Waals surface area contributed by atoms with Crippen LogP contribution in [0.25, 0.3) is 0 Å². The second-order valence-corrected chi connectivity index (χ2v) is 6.18. The fraction of sp³-hybridized carbons (Fsp3) is 0.471. The number of benzene rings is 1. The molecule has 0 aliphatic heterocycles. The molecule has 0 radical (unpaired) electrons. The molecule has 126 valence electrons. The molecule has 0 saturated carbocycles. The van der Waals surface area contributed by atoms with E-state index in [1.165, 1.54) is 0 Å². The van der Waals surface area contributed by atoms with Crippen molar-refractivity contribution in [3.63, 3.8) is 0 Å². The Bertz CT molecular complexity index is 535. The highest BCUT2D eigenvalue weighted by Crippen LogP contribution is 2.12. The summed E-state index contributed by atoms with van der Waals surface area (Å²) < 4.78 is 5.04. The number of ether oxygens (including phenoxy) is 1. The number of carbonyl (C=O) groups is 3. The minimum atomic E-state index is -0.499. The fourth-order valence-corrected chi connectivity index (χ4v) is 1.60. The summed E-state index contributed by atoms with van der Waals surface area (Å²) in [5.41, 5.74) is 0.398. The molecule has 0 aliphatic carbocycles. The van der Waals surface area contributed by atoms with E-state index in [2.05, 4.69) is 10.6 Å². The molecule has 0 saturated heterocycles. The van der Waals surface area contributed by atoms with E-state index in [0.717, 1.165) is 5.56 Å². The van der Waals surface area contributed by atoms with Gasteiger partial charge in [-0.1, -0.05) is 51.1 Å². The molecule has 0 heterocycles. The number of hydrogen-bond acceptors (Lipinski definition) is 4. The zero-order chi connectivity index (χ0) is 17.3. The molecule has 0 spiro atoms. The van der Waals surface area contributed by atoms with Crippen molar-refractivity contribution in [1.29, 1.82) is 0 Å². The summed E-state index contributed by atoms with van der Waals surface area (Å²) in [6.07, 6.45) is 0.119. The van der Waals surface area contributed by atoms with Crippen molar-refractivity contribution in [3.05, 3.63) is 35.9 Å². The molecule has 1 aromatic rings. The first-order chi connectivity index (χ1) is 10.8. The lowest BCUT2D eigenvalue weighted by Gasteiger charge is -2.17. The molecule has 0 unspecified atom stereocenters. The van der Waals surface area contributed by atoms with Crippen molar-refractivity contribution >= 4 is 17.8 Å². The lowest BCUT2D eigenvalue weighted by Crippen LogP contribution is -2.38. The van der Waals surface area contributed by atoms with Gasteiger partial charge < -0.3 is 15.4 Å². The largest absolute Gasteiger partial charge is 0.460 e. The lowest BCUT2D eigenvalue weighted by molar-refractivity contribution is -0.145. The lowest BCUT2D eigenvalue weighted by atomic mass is 9.96. The molecule has 6 heteroatoms. The van der Waals surface area contributed by atoms with Crippen molar-refractivity contribution < 1.29 is 19.1 Å². The first kappa shape index (κ1) is 18.7. The van der Waals surface area contributed by atoms with Gasteiger partial charge in [0.15, 0.2) is 0 Å². The zero-order valence-electron chi connectivity index (χ0n) is 13.8. The zero-order valence-corrected chi connectivity index (χ0v) is 13.8. The number of rotatable bonds is 7. The van der Waals surface area contributed by atoms with Gasteiger partial charge in [0.25, 0.3) is 0 Å². The maximum Gasteiger partial charge on any atom is 0.325 e. The van der Waals surface area contributed by atoms with Gasteiger partial charge >= 0.3 is 5.97 Å². The monoisotopic (exact) mass is 320 g/mol. The standard InChI is InChI=1S/C17H24N2O4/c1-17(2,3)16(22)18-10-9-14(20)19-11-15(21)23-12-13-7-5-4-6-8-13/h4-8H,9-12H2,1-3H3,(H,18,22)(H,19,20). The van der Waals surface area contributed by atoms with Crippen LogP contribution < -0.4 is 10.6 Å². The molecule has 1 aromatic carbocycles. The van der Waals surface area contributed by atoms with Crippen LogP contribution in [0.5, 0.6) is 0 Å². The summed E-state index contributed by atoms with van der Waals surface area (Å²) >= 11 is 0. The number of esters is 1. The Morgan fingerprint density at radius 3 is 2.30 bits per heavy atom. The fourth-order valence-electron chi connectivity index (χ4n) is 1.60. The topological polar surface area (TPSA) is 84.5 Å². The Balaban J connectivity index is 2.15. The van der Waals surface area contributed by atoms with Crippen LogP contribution in [0.1, 0.15) is 32.8 Å². The molecule has 23 heavy (non-hydrogen) atoms. The minimum absolute atomic E-state index is 0.118. The highest BCUT2D eigenvalue weighted by molar-refractivity contribution is 5.84. The van der Waals surface area contributed by atoms with E-state index in [-0.39, 0.29) is 37.9 Å². The van der Waals surface area contributed by atoms with Gasteiger partial charge in [0.1, 0.15) is 13.2 Å². The Hall–Kier alpha value is -2.37. The summed E-state index contributed by atoms with van der Waals surface area (Å²) in [5, 5.41) is 5.14. The average Bonchev–Trinajstić information content (AvgIpc) is 2.51. The van der Waals surface area contributed by atoms with Gasteiger partial charge in [-0.2, -0.15) is 0 Å². The van der Waals surface area contributed by atoms with E-state index < -0.39 is 11.4 Å². The van der Waals surface area contributed by atoms with Crippen molar-refractivity contribution in [2.45, 2.75) is 33.8 Å². The third-order valence-electron chi connectivity index (χ3n) is 2.99. The van der Waals surface area contributed by atoms with Crippen LogP contribution >= 0.6 is 0 Å². The van der Waals surface area contributed by atoms with Crippen LogP contribution in [0.3, 0.4) is 0 Å². The molecule has 0 bridgehead atoms. The van der Waals surface area contributed by atoms with Gasteiger partial charge in [-0.05, 0) is 5.56 Å². The van der Waals surface area contributed by atoms with E-state index in [9.17, 15) is 14.4 Å². The predicted octanol–water partition coefficient (Wildman–Crippen LogP) is 1.40. The van der Waals surface area contributed by atoms with E-state index in [1.807, 2.05) is 30.3 Å². The first-order valence-electron chi connectivity index (χ1n) is 7.53. The number of hydrogen-bond donors (Lipinski definition) is 2. The third kappa shape index (κ3) is 7.99. The summed E-state index contributed by atoms with van der Waals surface area (Å²) in [6, 6.07) is 9.30. The maximum atomic E-state index is 11.6. The third-order valence-corrected chi connectivity index (χ3v) is 2.99. The summed E-state index contributed by atoms with van der Waals surface area (Å²) in [7, 11) is 0. The minimum Gasteiger partial charge on any atom is -0.460 e. The Morgan fingerprint density at radius 1 is 1.04 bits per heavy atom. The maximum absolute atomic E-state index is 11.6. The molecular weight excluding hydrogens is 296 g/mol. The van der Waals surface area contributed by atoms with Crippen LogP contribution in [0, 0.1) is 5.41 Å². The number of nitrogens with one attached hydrogen (secondary N) is 2. The van der Waals surface area contributed by atoms with E-state index in [1.54, 1.807) is 20.8 Å². The predicted molar refractivity (Wildman–Crippen MR) is 86.3 cm³/mol. The molecular formula is C17H24N2O4. The van der Waals surface area contributed by atoms with Gasteiger partial charge in [0.05, 0.1) is 0 Å². The van der Waals surface area contributed by atoms with Gasteiger partial charge in [-0.15, -0.1) is 0 Å². The SMILES string of the molecule is CC(C)(C)C(=O)NCCC(=O)NCC(=O)OCc1ccccc1. The molecule has 0 aromatic heterocycles. The van der Waals surface area contributed by atoms with Crippen molar-refractivity contribution in [3.8, 4) is 0 Å². The second kappa shape index (κ2) is 8.92. The van der Waals surface area contributed by atoms with Crippen LogP contribution in [-0.4, -0.2) is 30.9 Å². The van der Waals surface area contributed by atoms with E-state index in [4.69, 9.17) is 4.74 Å². The Labute approximate surface area is 136 Å². The highest BCUT2D eigenvalue weighted by Gasteiger charge is 2.20. The van der Waals surface area contributed by atoms with Crippen LogP contribution in [0.2, 0.25) is 0 Å². The molecule has 2 N–H and O–H groups in total. The van der Waals surface area contributed by atoms with Crippen LogP contribution in [-0.2, 0) is 25.7 Å². The van der Waals surface area contributed by atoms with Crippen molar-refractivity contribution in [2.24, 2.45) is 5.41 Å². The number of amides is 2. The van der Waals surface area contributed by atoms with E-state index in [0.29, 0.717) is 0 Å². The molecule has 2 amide bonds. The molecule has 0 fully saturated rings. The van der Waals surface area contributed by atoms with Crippen LogP contribution in [0.4, 0.5) is 0 Å². The van der Waals surface area contributed by atoms with Crippen LogP contribution in [0.15, 0.2) is 30.3 Å². The Morgan fingerprint density at radius 2 is 1.70 bits per heavy atom. The van der Waals surface area contributed by atoms with Crippen molar-refractivity contribution in [1.82, 2.24) is 10.6 Å². The number of carbonyl (C=O) groups excluding carboxylic acids is 3. The van der Waals surface area contributed by atoms with Gasteiger partial charge in [0.2, 0.25) is 11.8 Å². The summed E-state index contributed by atoms with van der Waals surface area (Å²) in [5.74, 6) is -0.927.